The number of pyridine rings is 1. The zero-order chi connectivity index (χ0) is 24.3. The molecule has 1 aliphatic carbocycles. The quantitative estimate of drug-likeness (QED) is 0.627. The summed E-state index contributed by atoms with van der Waals surface area (Å²) < 4.78 is 12.3. The van der Waals surface area contributed by atoms with Gasteiger partial charge in [-0.25, -0.2) is 16.4 Å². The molecule has 1 N–H and O–H groups in total. The predicted molar refractivity (Wildman–Crippen MR) is 130 cm³/mol. The number of carbonyl (C=O) groups excluding carboxylic acids is 1. The van der Waals surface area contributed by atoms with Crippen molar-refractivity contribution in [3.63, 3.8) is 0 Å². The van der Waals surface area contributed by atoms with Crippen molar-refractivity contribution in [2.75, 3.05) is 30.0 Å². The summed E-state index contributed by atoms with van der Waals surface area (Å²) in [6.45, 7) is 17.6. The van der Waals surface area contributed by atoms with Crippen LogP contribution in [-0.2, 0) is 15.0 Å². The molecule has 3 heterocycles. The lowest BCUT2D eigenvalue weighted by Gasteiger charge is -2.35. The summed E-state index contributed by atoms with van der Waals surface area (Å²) in [7, 11) is 0. The Morgan fingerprint density at radius 1 is 1.29 bits per heavy atom. The van der Waals surface area contributed by atoms with Gasteiger partial charge in [-0.3, -0.25) is 0 Å². The van der Waals surface area contributed by atoms with Crippen LogP contribution < -0.4 is 10.2 Å². The summed E-state index contributed by atoms with van der Waals surface area (Å²) >= 11 is 0. The van der Waals surface area contributed by atoms with Crippen LogP contribution >= 0.6 is 0 Å². The normalized spacial score (nSPS) is 20.4. The van der Waals surface area contributed by atoms with Crippen molar-refractivity contribution in [2.24, 2.45) is 0 Å². The SMILES string of the molecule is [C-]#[N+]C1(c2cc(Nc3ccnn3C(=O)OC(C)(C)C)nc(N3CCOC[C@H]3C)c2)CCCCC1. The van der Waals surface area contributed by atoms with Crippen LogP contribution in [0, 0.1) is 6.57 Å². The van der Waals surface area contributed by atoms with E-state index in [0.29, 0.717) is 24.8 Å². The lowest BCUT2D eigenvalue weighted by Crippen LogP contribution is -2.44. The van der Waals surface area contributed by atoms with E-state index in [4.69, 9.17) is 21.0 Å². The minimum atomic E-state index is -0.638. The molecule has 1 saturated carbocycles. The molecule has 0 amide bonds. The van der Waals surface area contributed by atoms with E-state index in [1.54, 1.807) is 12.3 Å². The third kappa shape index (κ3) is 5.17. The summed E-state index contributed by atoms with van der Waals surface area (Å²) in [5.41, 5.74) is -0.217. The van der Waals surface area contributed by atoms with Crippen LogP contribution in [-0.4, -0.2) is 52.3 Å². The van der Waals surface area contributed by atoms with E-state index in [-0.39, 0.29) is 6.04 Å². The molecule has 182 valence electrons. The Balaban J connectivity index is 1.72. The lowest BCUT2D eigenvalue weighted by atomic mass is 9.77. The second-order valence-electron chi connectivity index (χ2n) is 10.2. The highest BCUT2D eigenvalue weighted by Gasteiger charge is 2.41. The Kier molecular flexibility index (Phi) is 6.80. The summed E-state index contributed by atoms with van der Waals surface area (Å²) in [4.78, 5) is 23.9. The van der Waals surface area contributed by atoms with Gasteiger partial charge < -0.3 is 24.5 Å². The van der Waals surface area contributed by atoms with Crippen molar-refractivity contribution in [2.45, 2.75) is 77.0 Å². The van der Waals surface area contributed by atoms with Gasteiger partial charge in [0.1, 0.15) is 23.1 Å². The number of ether oxygens (including phenoxy) is 2. The molecule has 0 aromatic carbocycles. The monoisotopic (exact) mass is 466 g/mol. The molecular weight excluding hydrogens is 432 g/mol. The fraction of sp³-hybridized carbons (Fsp3) is 0.600. The van der Waals surface area contributed by atoms with Gasteiger partial charge in [-0.15, -0.1) is 4.68 Å². The van der Waals surface area contributed by atoms with E-state index in [2.05, 4.69) is 33.2 Å². The Hall–Kier alpha value is -3.12. The number of hydrogen-bond donors (Lipinski definition) is 1. The van der Waals surface area contributed by atoms with E-state index in [1.165, 1.54) is 4.68 Å². The highest BCUT2D eigenvalue weighted by atomic mass is 16.6. The topological polar surface area (TPSA) is 85.9 Å². The fourth-order valence-corrected chi connectivity index (χ4v) is 4.64. The average Bonchev–Trinajstić information content (AvgIpc) is 3.27. The number of nitrogens with one attached hydrogen (secondary N) is 1. The largest absolute Gasteiger partial charge is 0.442 e. The van der Waals surface area contributed by atoms with Crippen molar-refractivity contribution in [1.29, 1.82) is 0 Å². The van der Waals surface area contributed by atoms with E-state index in [0.717, 1.165) is 50.0 Å². The first-order chi connectivity index (χ1) is 16.2. The van der Waals surface area contributed by atoms with E-state index in [1.807, 2.05) is 26.8 Å². The molecule has 1 saturated heterocycles. The Bertz CT molecular complexity index is 1060. The van der Waals surface area contributed by atoms with E-state index < -0.39 is 17.2 Å². The molecular formula is C25H34N6O3. The van der Waals surface area contributed by atoms with Gasteiger partial charge in [-0.2, -0.15) is 5.10 Å². The molecule has 4 rings (SSSR count). The van der Waals surface area contributed by atoms with Crippen LogP contribution in [0.25, 0.3) is 4.85 Å². The van der Waals surface area contributed by atoms with E-state index in [9.17, 15) is 4.79 Å². The number of aromatic nitrogens is 3. The predicted octanol–water partition coefficient (Wildman–Crippen LogP) is 5.11. The van der Waals surface area contributed by atoms with Gasteiger partial charge in [0.05, 0.1) is 25.5 Å². The van der Waals surface area contributed by atoms with Gasteiger partial charge in [0.2, 0.25) is 0 Å². The molecule has 0 spiro atoms. The first kappa shape index (κ1) is 24.0. The van der Waals surface area contributed by atoms with Crippen LogP contribution in [0.4, 0.5) is 22.2 Å². The van der Waals surface area contributed by atoms with Gasteiger partial charge in [-0.1, -0.05) is 6.42 Å². The minimum Gasteiger partial charge on any atom is -0.442 e. The molecule has 2 aliphatic rings. The fourth-order valence-electron chi connectivity index (χ4n) is 4.64. The summed E-state index contributed by atoms with van der Waals surface area (Å²) in [5, 5.41) is 7.40. The molecule has 34 heavy (non-hydrogen) atoms. The number of hydrogen-bond acceptors (Lipinski definition) is 7. The maximum atomic E-state index is 12.7. The molecule has 2 fully saturated rings. The number of nitrogens with zero attached hydrogens (tertiary/aromatic N) is 5. The van der Waals surface area contributed by atoms with Crippen molar-refractivity contribution < 1.29 is 14.3 Å². The first-order valence-electron chi connectivity index (χ1n) is 12.0. The molecule has 0 unspecified atom stereocenters. The maximum Gasteiger partial charge on any atom is 0.437 e. The molecule has 0 bridgehead atoms. The first-order valence-corrected chi connectivity index (χ1v) is 12.0. The average molecular weight is 467 g/mol. The van der Waals surface area contributed by atoms with Crippen molar-refractivity contribution >= 4 is 23.5 Å². The maximum absolute atomic E-state index is 12.7. The molecule has 9 heteroatoms. The van der Waals surface area contributed by atoms with Crippen LogP contribution in [0.2, 0.25) is 0 Å². The standard InChI is InChI=1S/C25H34N6O3/c1-18-17-33-14-13-30(18)22-16-19(25(26-5)10-7-6-8-11-25)15-20(29-22)28-21-9-12-27-31(21)23(32)34-24(2,3)4/h9,12,15-16,18H,6-8,10-11,13-14,17H2,1-4H3,(H,28,29)/t18-/m1/s1. The van der Waals surface area contributed by atoms with Crippen molar-refractivity contribution in [3.05, 3.63) is 41.4 Å². The van der Waals surface area contributed by atoms with Gasteiger partial charge in [0.25, 0.3) is 5.54 Å². The zero-order valence-corrected chi connectivity index (χ0v) is 20.5. The molecule has 9 nitrogen and oxygen atoms in total. The van der Waals surface area contributed by atoms with Crippen LogP contribution in [0.3, 0.4) is 0 Å². The highest BCUT2D eigenvalue weighted by Crippen LogP contribution is 2.42. The number of carbonyl (C=O) groups is 1. The Morgan fingerprint density at radius 3 is 2.74 bits per heavy atom. The third-order valence-electron chi connectivity index (χ3n) is 6.37. The number of rotatable bonds is 4. The molecule has 2 aromatic rings. The van der Waals surface area contributed by atoms with Gasteiger partial charge >= 0.3 is 6.09 Å². The van der Waals surface area contributed by atoms with Crippen LogP contribution in [0.15, 0.2) is 24.4 Å². The molecule has 0 radical (unpaired) electrons. The zero-order valence-electron chi connectivity index (χ0n) is 20.5. The van der Waals surface area contributed by atoms with Gasteiger partial charge in [0, 0.05) is 31.0 Å². The summed E-state index contributed by atoms with van der Waals surface area (Å²) in [5.74, 6) is 1.85. The second-order valence-corrected chi connectivity index (χ2v) is 10.2. The van der Waals surface area contributed by atoms with Gasteiger partial charge in [-0.05, 0) is 52.7 Å². The number of morpholine rings is 1. The Labute approximate surface area is 201 Å². The second kappa shape index (κ2) is 9.63. The molecule has 1 aliphatic heterocycles. The van der Waals surface area contributed by atoms with Gasteiger partial charge in [0.15, 0.2) is 0 Å². The van der Waals surface area contributed by atoms with E-state index >= 15 is 0 Å². The summed E-state index contributed by atoms with van der Waals surface area (Å²) in [6, 6.07) is 5.90. The Morgan fingerprint density at radius 2 is 2.06 bits per heavy atom. The lowest BCUT2D eigenvalue weighted by molar-refractivity contribution is 0.0519. The molecule has 2 aromatic heterocycles. The minimum absolute atomic E-state index is 0.173. The number of anilines is 3. The smallest absolute Gasteiger partial charge is 0.437 e. The highest BCUT2D eigenvalue weighted by molar-refractivity contribution is 5.75. The van der Waals surface area contributed by atoms with Crippen molar-refractivity contribution in [1.82, 2.24) is 14.8 Å². The summed E-state index contributed by atoms with van der Waals surface area (Å²) in [6.07, 6.45) is 5.91. The third-order valence-corrected chi connectivity index (χ3v) is 6.37. The van der Waals surface area contributed by atoms with Crippen LogP contribution in [0.1, 0.15) is 65.4 Å². The molecule has 1 atom stereocenters. The van der Waals surface area contributed by atoms with Crippen LogP contribution in [0.5, 0.6) is 0 Å². The van der Waals surface area contributed by atoms with Crippen molar-refractivity contribution in [3.8, 4) is 0 Å².